The Kier molecular flexibility index (Phi) is 7.65. The minimum Gasteiger partial charge on any atom is -0.481 e. The van der Waals surface area contributed by atoms with Gasteiger partial charge in [-0.15, -0.1) is 0 Å². The van der Waals surface area contributed by atoms with Crippen molar-refractivity contribution < 1.29 is 29.3 Å². The molecule has 0 aromatic rings. The molecule has 7 nitrogen and oxygen atoms in total. The van der Waals surface area contributed by atoms with Crippen LogP contribution in [-0.2, 0) is 19.1 Å². The zero-order chi connectivity index (χ0) is 20.0. The summed E-state index contributed by atoms with van der Waals surface area (Å²) in [6, 6.07) is -0.160. The van der Waals surface area contributed by atoms with Crippen LogP contribution in [0.1, 0.15) is 64.7 Å². The molecule has 0 radical (unpaired) electrons. The van der Waals surface area contributed by atoms with Crippen LogP contribution >= 0.6 is 0 Å². The Morgan fingerprint density at radius 1 is 1.19 bits per heavy atom. The van der Waals surface area contributed by atoms with Crippen LogP contribution in [0.15, 0.2) is 0 Å². The summed E-state index contributed by atoms with van der Waals surface area (Å²) in [5.41, 5.74) is -0.660. The number of ether oxygens (including phenoxy) is 1. The SMILES string of the molecule is COCCC(CC1(C(=O)NC2CC(C(=O)O)CCC2C)CCCC1)C(=O)O. The number of rotatable bonds is 9. The molecule has 0 spiro atoms. The maximum Gasteiger partial charge on any atom is 0.306 e. The first-order valence-corrected chi connectivity index (χ1v) is 10.0. The predicted molar refractivity (Wildman–Crippen MR) is 99.2 cm³/mol. The van der Waals surface area contributed by atoms with Gasteiger partial charge in [-0.3, -0.25) is 14.4 Å². The minimum absolute atomic E-state index is 0.0912. The highest BCUT2D eigenvalue weighted by atomic mass is 16.5. The smallest absolute Gasteiger partial charge is 0.306 e. The summed E-state index contributed by atoms with van der Waals surface area (Å²) in [5.74, 6) is -2.58. The van der Waals surface area contributed by atoms with Gasteiger partial charge in [0.1, 0.15) is 0 Å². The van der Waals surface area contributed by atoms with E-state index in [1.165, 1.54) is 0 Å². The lowest BCUT2D eigenvalue weighted by Crippen LogP contribution is -2.50. The predicted octanol–water partition coefficient (Wildman–Crippen LogP) is 2.68. The monoisotopic (exact) mass is 383 g/mol. The molecule has 2 fully saturated rings. The largest absolute Gasteiger partial charge is 0.481 e. The zero-order valence-corrected chi connectivity index (χ0v) is 16.4. The Labute approximate surface area is 160 Å². The van der Waals surface area contributed by atoms with Gasteiger partial charge in [0, 0.05) is 19.8 Å². The highest BCUT2D eigenvalue weighted by Gasteiger charge is 2.45. The molecule has 1 amide bonds. The van der Waals surface area contributed by atoms with Gasteiger partial charge >= 0.3 is 11.9 Å². The number of carboxylic acid groups (broad SMARTS) is 2. The summed E-state index contributed by atoms with van der Waals surface area (Å²) in [4.78, 5) is 36.2. The van der Waals surface area contributed by atoms with Crippen molar-refractivity contribution in [1.29, 1.82) is 0 Å². The van der Waals surface area contributed by atoms with Crippen molar-refractivity contribution in [3.63, 3.8) is 0 Å². The average molecular weight is 383 g/mol. The fourth-order valence-corrected chi connectivity index (χ4v) is 4.69. The number of carbonyl (C=O) groups is 3. The molecule has 0 aromatic carbocycles. The lowest BCUT2D eigenvalue weighted by molar-refractivity contribution is -0.147. The quantitative estimate of drug-likeness (QED) is 0.564. The lowest BCUT2D eigenvalue weighted by atomic mass is 9.74. The normalized spacial score (nSPS) is 28.4. The molecule has 154 valence electrons. The molecule has 0 heterocycles. The molecule has 2 aliphatic carbocycles. The third-order valence-electron chi connectivity index (χ3n) is 6.56. The third kappa shape index (κ3) is 5.43. The Morgan fingerprint density at radius 2 is 1.85 bits per heavy atom. The summed E-state index contributed by atoms with van der Waals surface area (Å²) in [6.07, 6.45) is 5.81. The number of carbonyl (C=O) groups excluding carboxylic acids is 1. The van der Waals surface area contributed by atoms with Gasteiger partial charge in [0.2, 0.25) is 5.91 Å². The zero-order valence-electron chi connectivity index (χ0n) is 16.4. The molecule has 4 atom stereocenters. The summed E-state index contributed by atoms with van der Waals surface area (Å²) in [7, 11) is 1.54. The van der Waals surface area contributed by atoms with Gasteiger partial charge in [0.15, 0.2) is 0 Å². The van der Waals surface area contributed by atoms with Crippen LogP contribution in [0.2, 0.25) is 0 Å². The topological polar surface area (TPSA) is 113 Å². The van der Waals surface area contributed by atoms with Crippen LogP contribution in [-0.4, -0.2) is 47.8 Å². The molecule has 0 saturated heterocycles. The van der Waals surface area contributed by atoms with Crippen LogP contribution < -0.4 is 5.32 Å². The number of methoxy groups -OCH3 is 1. The first kappa shape index (κ1) is 21.7. The summed E-state index contributed by atoms with van der Waals surface area (Å²) >= 11 is 0. The van der Waals surface area contributed by atoms with Gasteiger partial charge in [-0.05, 0) is 50.9 Å². The first-order chi connectivity index (χ1) is 12.8. The van der Waals surface area contributed by atoms with Crippen molar-refractivity contribution >= 4 is 17.8 Å². The first-order valence-electron chi connectivity index (χ1n) is 10.0. The Bertz CT molecular complexity index is 543. The number of amides is 1. The van der Waals surface area contributed by atoms with Crippen molar-refractivity contribution in [3.8, 4) is 0 Å². The van der Waals surface area contributed by atoms with Crippen molar-refractivity contribution in [2.45, 2.75) is 70.8 Å². The average Bonchev–Trinajstić information content (AvgIpc) is 3.10. The molecule has 27 heavy (non-hydrogen) atoms. The van der Waals surface area contributed by atoms with Crippen molar-refractivity contribution in [3.05, 3.63) is 0 Å². The number of nitrogens with one attached hydrogen (secondary N) is 1. The molecule has 7 heteroatoms. The van der Waals surface area contributed by atoms with Gasteiger partial charge in [-0.1, -0.05) is 19.8 Å². The second kappa shape index (κ2) is 9.53. The van der Waals surface area contributed by atoms with E-state index in [0.29, 0.717) is 45.1 Å². The van der Waals surface area contributed by atoms with E-state index in [0.717, 1.165) is 19.3 Å². The molecule has 0 bridgehead atoms. The molecule has 2 aliphatic rings. The third-order valence-corrected chi connectivity index (χ3v) is 6.56. The standard InChI is InChI=1S/C20H33NO6/c1-13-5-6-14(17(22)23)11-16(13)21-19(26)20(8-3-4-9-20)12-15(18(24)25)7-10-27-2/h13-16H,3-12H2,1-2H3,(H,21,26)(H,22,23)(H,24,25). The van der Waals surface area contributed by atoms with Gasteiger partial charge in [0.25, 0.3) is 0 Å². The number of aliphatic carboxylic acids is 2. The molecular weight excluding hydrogens is 350 g/mol. The van der Waals surface area contributed by atoms with E-state index < -0.39 is 29.2 Å². The molecular formula is C20H33NO6. The lowest BCUT2D eigenvalue weighted by Gasteiger charge is -2.37. The van der Waals surface area contributed by atoms with Crippen LogP contribution in [0.3, 0.4) is 0 Å². The van der Waals surface area contributed by atoms with E-state index in [9.17, 15) is 24.6 Å². The molecule has 2 saturated carbocycles. The van der Waals surface area contributed by atoms with E-state index >= 15 is 0 Å². The van der Waals surface area contributed by atoms with E-state index in [4.69, 9.17) is 4.74 Å². The minimum atomic E-state index is -0.886. The molecule has 2 rings (SSSR count). The molecule has 0 aliphatic heterocycles. The van der Waals surface area contributed by atoms with Crippen LogP contribution in [0.25, 0.3) is 0 Å². The van der Waals surface area contributed by atoms with E-state index in [2.05, 4.69) is 5.32 Å². The van der Waals surface area contributed by atoms with E-state index in [1.807, 2.05) is 6.92 Å². The fourth-order valence-electron chi connectivity index (χ4n) is 4.69. The van der Waals surface area contributed by atoms with E-state index in [1.54, 1.807) is 7.11 Å². The van der Waals surface area contributed by atoms with Crippen molar-refractivity contribution in [1.82, 2.24) is 5.32 Å². The summed E-state index contributed by atoms with van der Waals surface area (Å²) in [6.45, 7) is 2.40. The van der Waals surface area contributed by atoms with Crippen LogP contribution in [0.5, 0.6) is 0 Å². The van der Waals surface area contributed by atoms with Crippen molar-refractivity contribution in [2.75, 3.05) is 13.7 Å². The number of hydrogen-bond donors (Lipinski definition) is 3. The maximum atomic E-state index is 13.2. The Balaban J connectivity index is 2.09. The highest BCUT2D eigenvalue weighted by Crippen LogP contribution is 2.44. The van der Waals surface area contributed by atoms with Gasteiger partial charge in [0.05, 0.1) is 17.3 Å². The Morgan fingerprint density at radius 3 is 2.41 bits per heavy atom. The fraction of sp³-hybridized carbons (Fsp3) is 0.850. The van der Waals surface area contributed by atoms with Crippen LogP contribution in [0, 0.1) is 23.2 Å². The summed E-state index contributed by atoms with van der Waals surface area (Å²) in [5, 5.41) is 22.0. The van der Waals surface area contributed by atoms with Gasteiger partial charge < -0.3 is 20.3 Å². The second-order valence-electron chi connectivity index (χ2n) is 8.41. The maximum absolute atomic E-state index is 13.2. The van der Waals surface area contributed by atoms with Gasteiger partial charge in [-0.25, -0.2) is 0 Å². The van der Waals surface area contributed by atoms with Crippen LogP contribution in [0.4, 0.5) is 0 Å². The van der Waals surface area contributed by atoms with E-state index in [-0.39, 0.29) is 17.9 Å². The van der Waals surface area contributed by atoms with Crippen molar-refractivity contribution in [2.24, 2.45) is 23.2 Å². The number of carboxylic acids is 2. The summed E-state index contributed by atoms with van der Waals surface area (Å²) < 4.78 is 5.03. The molecule has 3 N–H and O–H groups in total. The Hall–Kier alpha value is -1.63. The second-order valence-corrected chi connectivity index (χ2v) is 8.41. The highest BCUT2D eigenvalue weighted by molar-refractivity contribution is 5.84. The number of hydrogen-bond acceptors (Lipinski definition) is 4. The molecule has 4 unspecified atom stereocenters. The van der Waals surface area contributed by atoms with Gasteiger partial charge in [-0.2, -0.15) is 0 Å². The molecule has 0 aromatic heterocycles.